The van der Waals surface area contributed by atoms with Crippen molar-refractivity contribution in [1.82, 2.24) is 14.1 Å². The quantitative estimate of drug-likeness (QED) is 0.514. The molecule has 0 spiro atoms. The first kappa shape index (κ1) is 22.3. The Labute approximate surface area is 180 Å². The van der Waals surface area contributed by atoms with Crippen LogP contribution >= 0.6 is 0 Å². The zero-order chi connectivity index (χ0) is 22.1. The Balaban J connectivity index is 1.78. The van der Waals surface area contributed by atoms with Crippen molar-refractivity contribution in [1.29, 1.82) is 0 Å². The van der Waals surface area contributed by atoms with Crippen molar-refractivity contribution < 1.29 is 9.22 Å². The minimum Gasteiger partial charge on any atom is -0.397 e. The first-order valence-electron chi connectivity index (χ1n) is 10.5. The molecule has 2 aromatic heterocycles. The van der Waals surface area contributed by atoms with Crippen molar-refractivity contribution in [3.05, 3.63) is 54.2 Å². The van der Waals surface area contributed by atoms with Crippen molar-refractivity contribution >= 4 is 25.1 Å². The van der Waals surface area contributed by atoms with Crippen molar-refractivity contribution in [3.63, 3.8) is 0 Å². The second kappa shape index (κ2) is 8.39. The molecule has 6 nitrogen and oxygen atoms in total. The molecule has 0 aliphatic heterocycles. The van der Waals surface area contributed by atoms with E-state index in [2.05, 4.69) is 80.9 Å². The SMILES string of the molecule is Cn1cc(CCC[C@@H](O[Si](C)(C)C(C)(C)C)n2cnc(C(N)=O)c2)c2ccccc21. The Morgan fingerprint density at radius 2 is 1.93 bits per heavy atom. The Hall–Kier alpha value is -2.38. The number of hydrogen-bond acceptors (Lipinski definition) is 3. The average Bonchev–Trinajstić information content (AvgIpc) is 3.26. The molecule has 2 N–H and O–H groups in total. The highest BCUT2D eigenvalue weighted by molar-refractivity contribution is 6.74. The number of nitrogens with zero attached hydrogens (tertiary/aromatic N) is 3. The zero-order valence-electron chi connectivity index (χ0n) is 19.0. The molecule has 0 unspecified atom stereocenters. The number of carbonyl (C=O) groups is 1. The lowest BCUT2D eigenvalue weighted by molar-refractivity contribution is 0.0988. The van der Waals surface area contributed by atoms with E-state index in [-0.39, 0.29) is 17.0 Å². The van der Waals surface area contributed by atoms with Crippen LogP contribution in [0.5, 0.6) is 0 Å². The van der Waals surface area contributed by atoms with Gasteiger partial charge in [-0.3, -0.25) is 4.79 Å². The maximum Gasteiger partial charge on any atom is 0.268 e. The van der Waals surface area contributed by atoms with Crippen LogP contribution in [0.3, 0.4) is 0 Å². The maximum atomic E-state index is 11.5. The van der Waals surface area contributed by atoms with E-state index in [1.54, 1.807) is 12.5 Å². The fourth-order valence-corrected chi connectivity index (χ4v) is 4.77. The summed E-state index contributed by atoms with van der Waals surface area (Å²) < 4.78 is 10.8. The first-order valence-corrected chi connectivity index (χ1v) is 13.4. The number of nitrogens with two attached hydrogens (primary N) is 1. The van der Waals surface area contributed by atoms with Crippen molar-refractivity contribution in [2.75, 3.05) is 0 Å². The molecule has 0 fully saturated rings. The van der Waals surface area contributed by atoms with Gasteiger partial charge in [0.25, 0.3) is 5.91 Å². The molecule has 1 aromatic carbocycles. The number of benzene rings is 1. The van der Waals surface area contributed by atoms with Gasteiger partial charge in [0, 0.05) is 30.3 Å². The summed E-state index contributed by atoms with van der Waals surface area (Å²) in [5, 5.41) is 1.40. The van der Waals surface area contributed by atoms with E-state index in [0.717, 1.165) is 19.3 Å². The Bertz CT molecular complexity index is 1030. The molecular formula is C23H34N4O2Si. The van der Waals surface area contributed by atoms with Crippen LogP contribution in [0.4, 0.5) is 0 Å². The minimum atomic E-state index is -2.01. The van der Waals surface area contributed by atoms with Crippen molar-refractivity contribution in [2.24, 2.45) is 12.8 Å². The second-order valence-electron chi connectivity index (χ2n) is 9.58. The molecule has 0 aliphatic rings. The van der Waals surface area contributed by atoms with Crippen molar-refractivity contribution in [3.8, 4) is 0 Å². The zero-order valence-corrected chi connectivity index (χ0v) is 20.0. The van der Waals surface area contributed by atoms with E-state index in [1.165, 1.54) is 16.5 Å². The highest BCUT2D eigenvalue weighted by Gasteiger charge is 2.39. The number of amides is 1. The summed E-state index contributed by atoms with van der Waals surface area (Å²) >= 11 is 0. The van der Waals surface area contributed by atoms with Crippen LogP contribution in [0.15, 0.2) is 43.0 Å². The molecule has 0 saturated heterocycles. The molecule has 0 saturated carbocycles. The Morgan fingerprint density at radius 3 is 2.57 bits per heavy atom. The van der Waals surface area contributed by atoms with Crippen LogP contribution < -0.4 is 5.73 Å². The summed E-state index contributed by atoms with van der Waals surface area (Å²) in [6, 6.07) is 8.50. The molecule has 7 heteroatoms. The van der Waals surface area contributed by atoms with Crippen LogP contribution in [0.1, 0.15) is 55.9 Å². The summed E-state index contributed by atoms with van der Waals surface area (Å²) in [7, 11) is 0.0829. The first-order chi connectivity index (χ1) is 14.0. The van der Waals surface area contributed by atoms with Crippen LogP contribution in [-0.2, 0) is 17.9 Å². The molecule has 0 aliphatic carbocycles. The third-order valence-electron chi connectivity index (χ3n) is 6.30. The molecular weight excluding hydrogens is 392 g/mol. The molecule has 0 radical (unpaired) electrons. The van der Waals surface area contributed by atoms with Crippen LogP contribution in [0.25, 0.3) is 10.9 Å². The van der Waals surface area contributed by atoms with Gasteiger partial charge in [-0.25, -0.2) is 4.98 Å². The third kappa shape index (κ3) is 4.68. The molecule has 2 heterocycles. The standard InChI is InChI=1S/C23H34N4O2Si/c1-23(2,3)30(5,6)29-21(27-15-19(22(24)28)25-16-27)13-9-10-17-14-26(4)20-12-8-7-11-18(17)20/h7-8,11-12,14-16,21H,9-10,13H2,1-6H3,(H2,24,28)/t21-/m1/s1. The van der Waals surface area contributed by atoms with E-state index in [0.29, 0.717) is 0 Å². The number of hydrogen-bond donors (Lipinski definition) is 1. The number of aryl methyl sites for hydroxylation is 2. The van der Waals surface area contributed by atoms with E-state index in [1.807, 2.05) is 4.57 Å². The van der Waals surface area contributed by atoms with Gasteiger partial charge in [-0.15, -0.1) is 0 Å². The molecule has 0 bridgehead atoms. The molecule has 30 heavy (non-hydrogen) atoms. The lowest BCUT2D eigenvalue weighted by Crippen LogP contribution is -2.42. The summed E-state index contributed by atoms with van der Waals surface area (Å²) in [4.78, 5) is 15.7. The molecule has 1 amide bonds. The molecule has 162 valence electrons. The van der Waals surface area contributed by atoms with Gasteiger partial charge >= 0.3 is 0 Å². The van der Waals surface area contributed by atoms with Gasteiger partial charge in [-0.1, -0.05) is 39.0 Å². The number of rotatable bonds is 8. The van der Waals surface area contributed by atoms with Gasteiger partial charge in [0.1, 0.15) is 11.9 Å². The number of imidazole rings is 1. The lowest BCUT2D eigenvalue weighted by Gasteiger charge is -2.39. The summed E-state index contributed by atoms with van der Waals surface area (Å²) in [6.45, 7) is 11.2. The predicted molar refractivity (Wildman–Crippen MR) is 124 cm³/mol. The van der Waals surface area contributed by atoms with Gasteiger partial charge in [-0.05, 0) is 49.0 Å². The highest BCUT2D eigenvalue weighted by atomic mass is 28.4. The lowest BCUT2D eigenvalue weighted by atomic mass is 10.1. The number of fused-ring (bicyclic) bond motifs is 1. The predicted octanol–water partition coefficient (Wildman–Crippen LogP) is 5.02. The summed E-state index contributed by atoms with van der Waals surface area (Å²) in [5.41, 5.74) is 8.28. The number of carbonyl (C=O) groups excluding carboxylic acids is 1. The molecule has 3 aromatic rings. The van der Waals surface area contributed by atoms with Gasteiger partial charge in [0.2, 0.25) is 0 Å². The van der Waals surface area contributed by atoms with Gasteiger partial charge in [-0.2, -0.15) is 0 Å². The Kier molecular flexibility index (Phi) is 6.24. The topological polar surface area (TPSA) is 75.1 Å². The second-order valence-corrected chi connectivity index (χ2v) is 14.3. The molecule has 3 rings (SSSR count). The van der Waals surface area contributed by atoms with Crippen LogP contribution in [0, 0.1) is 0 Å². The number of aromatic nitrogens is 3. The van der Waals surface area contributed by atoms with E-state index < -0.39 is 14.2 Å². The van der Waals surface area contributed by atoms with Crippen LogP contribution in [-0.4, -0.2) is 28.3 Å². The van der Waals surface area contributed by atoms with E-state index >= 15 is 0 Å². The third-order valence-corrected chi connectivity index (χ3v) is 10.8. The van der Waals surface area contributed by atoms with Gasteiger partial charge in [0.15, 0.2) is 8.32 Å². The maximum absolute atomic E-state index is 11.5. The number of para-hydroxylation sites is 1. The van der Waals surface area contributed by atoms with Gasteiger partial charge < -0.3 is 19.3 Å². The monoisotopic (exact) mass is 426 g/mol. The summed E-state index contributed by atoms with van der Waals surface area (Å²) in [5.74, 6) is -0.518. The van der Waals surface area contributed by atoms with Gasteiger partial charge in [0.05, 0.1) is 6.33 Å². The van der Waals surface area contributed by atoms with E-state index in [9.17, 15) is 4.79 Å². The molecule has 1 atom stereocenters. The Morgan fingerprint density at radius 1 is 1.23 bits per heavy atom. The average molecular weight is 427 g/mol. The largest absolute Gasteiger partial charge is 0.397 e. The fourth-order valence-electron chi connectivity index (χ4n) is 3.50. The van der Waals surface area contributed by atoms with Crippen molar-refractivity contribution in [2.45, 2.75) is 64.4 Å². The van der Waals surface area contributed by atoms with E-state index in [4.69, 9.17) is 10.2 Å². The highest BCUT2D eigenvalue weighted by Crippen LogP contribution is 2.39. The summed E-state index contributed by atoms with van der Waals surface area (Å²) in [6.07, 6.45) is 8.20. The number of primary amides is 1. The minimum absolute atomic E-state index is 0.0913. The fraction of sp³-hybridized carbons (Fsp3) is 0.478. The smallest absolute Gasteiger partial charge is 0.268 e. The normalized spacial score (nSPS) is 13.7. The van der Waals surface area contributed by atoms with Crippen LogP contribution in [0.2, 0.25) is 18.1 Å².